The molecule has 0 aliphatic rings. The molecular formula is C14H13LiO3. The largest absolute Gasteiger partial charge is 1.00 e. The Labute approximate surface area is 118 Å². The standard InChI is InChI=1S/C14H12O2.Li.H2O/c15-14(13-9-5-2-6-10-13)16-11-12-7-3-1-4-8-12;;/h1-10H,11H2;;1H2/q;+1;/p-1. The Kier molecular flexibility index (Phi) is 7.82. The van der Waals surface area contributed by atoms with Crippen LogP contribution >= 0.6 is 0 Å². The Hall–Kier alpha value is -1.53. The molecule has 0 amide bonds. The van der Waals surface area contributed by atoms with Crippen molar-refractivity contribution in [2.24, 2.45) is 0 Å². The fraction of sp³-hybridized carbons (Fsp3) is 0.0714. The molecule has 0 saturated carbocycles. The zero-order valence-corrected chi connectivity index (χ0v) is 10.2. The first kappa shape index (κ1) is 16.5. The molecule has 0 radical (unpaired) electrons. The van der Waals surface area contributed by atoms with Crippen LogP contribution in [0.1, 0.15) is 15.9 Å². The minimum atomic E-state index is -0.288. The molecule has 0 fully saturated rings. The molecule has 0 unspecified atom stereocenters. The Morgan fingerprint density at radius 1 is 0.889 bits per heavy atom. The first-order valence-electron chi connectivity index (χ1n) is 5.12. The number of ether oxygens (including phenoxy) is 1. The number of rotatable bonds is 3. The van der Waals surface area contributed by atoms with E-state index in [0.717, 1.165) is 5.56 Å². The van der Waals surface area contributed by atoms with Crippen LogP contribution in [0.25, 0.3) is 0 Å². The molecule has 4 heteroatoms. The van der Waals surface area contributed by atoms with Crippen molar-refractivity contribution in [3.8, 4) is 0 Å². The van der Waals surface area contributed by atoms with Gasteiger partial charge in [-0.1, -0.05) is 48.5 Å². The molecule has 0 aliphatic carbocycles. The number of hydrogen-bond acceptors (Lipinski definition) is 3. The molecule has 0 heterocycles. The van der Waals surface area contributed by atoms with Crippen LogP contribution in [0.2, 0.25) is 0 Å². The van der Waals surface area contributed by atoms with E-state index >= 15 is 0 Å². The number of hydrogen-bond donors (Lipinski definition) is 0. The number of esters is 1. The zero-order valence-electron chi connectivity index (χ0n) is 10.2. The summed E-state index contributed by atoms with van der Waals surface area (Å²) in [6.07, 6.45) is 0. The van der Waals surface area contributed by atoms with Gasteiger partial charge >= 0.3 is 24.8 Å². The Bertz CT molecular complexity index is 457. The van der Waals surface area contributed by atoms with Crippen molar-refractivity contribution in [1.29, 1.82) is 0 Å². The molecule has 0 bridgehead atoms. The van der Waals surface area contributed by atoms with Gasteiger partial charge in [-0.15, -0.1) is 0 Å². The van der Waals surface area contributed by atoms with Crippen LogP contribution in [0.15, 0.2) is 60.7 Å². The average molecular weight is 236 g/mol. The molecule has 3 nitrogen and oxygen atoms in total. The molecule has 2 aromatic carbocycles. The maximum Gasteiger partial charge on any atom is 1.00 e. The minimum absolute atomic E-state index is 0. The van der Waals surface area contributed by atoms with E-state index in [1.807, 2.05) is 48.5 Å². The van der Waals surface area contributed by atoms with Crippen molar-refractivity contribution < 1.29 is 33.9 Å². The second-order valence-electron chi connectivity index (χ2n) is 3.43. The average Bonchev–Trinajstić information content (AvgIpc) is 2.38. The van der Waals surface area contributed by atoms with Crippen molar-refractivity contribution >= 4 is 5.97 Å². The monoisotopic (exact) mass is 236 g/mol. The van der Waals surface area contributed by atoms with Gasteiger partial charge in [-0.05, 0) is 17.7 Å². The SMILES string of the molecule is O=C(OCc1ccccc1)c1ccccc1.[Li+].[OH-]. The third kappa shape index (κ3) is 4.76. The topological polar surface area (TPSA) is 56.3 Å². The van der Waals surface area contributed by atoms with Gasteiger partial charge in [0.2, 0.25) is 0 Å². The van der Waals surface area contributed by atoms with Crippen LogP contribution in [-0.4, -0.2) is 11.4 Å². The van der Waals surface area contributed by atoms with E-state index in [-0.39, 0.29) is 30.3 Å². The zero-order chi connectivity index (χ0) is 11.2. The van der Waals surface area contributed by atoms with Crippen LogP contribution in [0.4, 0.5) is 0 Å². The summed E-state index contributed by atoms with van der Waals surface area (Å²) in [7, 11) is 0. The van der Waals surface area contributed by atoms with Crippen LogP contribution in [-0.2, 0) is 11.3 Å². The van der Waals surface area contributed by atoms with E-state index in [1.54, 1.807) is 12.1 Å². The third-order valence-electron chi connectivity index (χ3n) is 2.22. The molecule has 88 valence electrons. The van der Waals surface area contributed by atoms with E-state index in [4.69, 9.17) is 4.74 Å². The molecule has 0 aliphatic heterocycles. The van der Waals surface area contributed by atoms with Gasteiger partial charge in [0.05, 0.1) is 5.56 Å². The van der Waals surface area contributed by atoms with E-state index < -0.39 is 0 Å². The van der Waals surface area contributed by atoms with E-state index in [2.05, 4.69) is 0 Å². The summed E-state index contributed by atoms with van der Waals surface area (Å²) in [5, 5.41) is 0. The van der Waals surface area contributed by atoms with Crippen molar-refractivity contribution in [3.63, 3.8) is 0 Å². The molecule has 0 aromatic heterocycles. The van der Waals surface area contributed by atoms with Gasteiger partial charge in [0, 0.05) is 0 Å². The summed E-state index contributed by atoms with van der Waals surface area (Å²) in [6, 6.07) is 18.6. The predicted octanol–water partition coefficient (Wildman–Crippen LogP) is -0.129. The van der Waals surface area contributed by atoms with Crippen molar-refractivity contribution in [2.75, 3.05) is 0 Å². The number of carbonyl (C=O) groups is 1. The summed E-state index contributed by atoms with van der Waals surface area (Å²) < 4.78 is 5.18. The summed E-state index contributed by atoms with van der Waals surface area (Å²) >= 11 is 0. The van der Waals surface area contributed by atoms with Crippen molar-refractivity contribution in [1.82, 2.24) is 0 Å². The second kappa shape index (κ2) is 8.54. The summed E-state index contributed by atoms with van der Waals surface area (Å²) in [4.78, 5) is 11.6. The molecule has 2 rings (SSSR count). The maximum atomic E-state index is 11.6. The first-order chi connectivity index (χ1) is 7.86. The van der Waals surface area contributed by atoms with Gasteiger partial charge in [-0.25, -0.2) is 4.79 Å². The first-order valence-corrected chi connectivity index (χ1v) is 5.12. The third-order valence-corrected chi connectivity index (χ3v) is 2.22. The summed E-state index contributed by atoms with van der Waals surface area (Å²) in [5.41, 5.74) is 1.57. The Morgan fingerprint density at radius 3 is 1.94 bits per heavy atom. The quantitative estimate of drug-likeness (QED) is 0.551. The molecule has 0 spiro atoms. The minimum Gasteiger partial charge on any atom is -0.870 e. The molecular weight excluding hydrogens is 223 g/mol. The van der Waals surface area contributed by atoms with Gasteiger partial charge in [-0.3, -0.25) is 0 Å². The summed E-state index contributed by atoms with van der Waals surface area (Å²) in [6.45, 7) is 0.314. The van der Waals surface area contributed by atoms with Crippen LogP contribution < -0.4 is 18.9 Å². The smallest absolute Gasteiger partial charge is 0.870 e. The van der Waals surface area contributed by atoms with Crippen LogP contribution in [0.5, 0.6) is 0 Å². The van der Waals surface area contributed by atoms with Gasteiger partial charge in [-0.2, -0.15) is 0 Å². The number of benzene rings is 2. The van der Waals surface area contributed by atoms with Gasteiger partial charge in [0.15, 0.2) is 0 Å². The predicted molar refractivity (Wildman–Crippen MR) is 63.9 cm³/mol. The Balaban J connectivity index is 0.00000144. The van der Waals surface area contributed by atoms with E-state index in [1.165, 1.54) is 0 Å². The maximum absolute atomic E-state index is 11.6. The molecule has 2 aromatic rings. The molecule has 18 heavy (non-hydrogen) atoms. The summed E-state index contributed by atoms with van der Waals surface area (Å²) in [5.74, 6) is -0.288. The van der Waals surface area contributed by atoms with Crippen molar-refractivity contribution in [2.45, 2.75) is 6.61 Å². The Morgan fingerprint density at radius 2 is 1.39 bits per heavy atom. The number of carbonyl (C=O) groups excluding carboxylic acids is 1. The van der Waals surface area contributed by atoms with Crippen LogP contribution in [0, 0.1) is 0 Å². The molecule has 0 atom stereocenters. The fourth-order valence-corrected chi connectivity index (χ4v) is 1.38. The van der Waals surface area contributed by atoms with Gasteiger partial charge < -0.3 is 10.2 Å². The van der Waals surface area contributed by atoms with Gasteiger partial charge in [0.25, 0.3) is 0 Å². The molecule has 0 saturated heterocycles. The second-order valence-corrected chi connectivity index (χ2v) is 3.43. The molecule has 1 N–H and O–H groups in total. The van der Waals surface area contributed by atoms with Crippen molar-refractivity contribution in [3.05, 3.63) is 71.8 Å². The normalized spacial score (nSPS) is 8.67. The van der Waals surface area contributed by atoms with Gasteiger partial charge in [0.1, 0.15) is 6.61 Å². The van der Waals surface area contributed by atoms with E-state index in [0.29, 0.717) is 12.2 Å². The fourth-order valence-electron chi connectivity index (χ4n) is 1.38. The van der Waals surface area contributed by atoms with Crippen LogP contribution in [0.3, 0.4) is 0 Å². The van der Waals surface area contributed by atoms with E-state index in [9.17, 15) is 4.79 Å².